The number of allylic oxidation sites excluding steroid dienone is 1. The molecule has 1 atom stereocenters. The number of ether oxygens (including phenoxy) is 1. The van der Waals surface area contributed by atoms with Crippen LogP contribution in [0.2, 0.25) is 0 Å². The number of carbonyl (C=O) groups excluding carboxylic acids is 1. The van der Waals surface area contributed by atoms with E-state index >= 15 is 0 Å². The molecule has 0 heterocycles. The quantitative estimate of drug-likeness (QED) is 0.312. The van der Waals surface area contributed by atoms with Crippen molar-refractivity contribution < 1.29 is 18.3 Å². The molecule has 23 heavy (non-hydrogen) atoms. The second-order valence-electron chi connectivity index (χ2n) is 4.85. The second kappa shape index (κ2) is 7.42. The van der Waals surface area contributed by atoms with Crippen LogP contribution >= 0.6 is 11.8 Å². The largest absolute Gasteiger partial charge is 0.427 e. The van der Waals surface area contributed by atoms with Gasteiger partial charge >= 0.3 is 11.2 Å². The highest BCUT2D eigenvalue weighted by molar-refractivity contribution is 8.00. The molecule has 5 heteroatoms. The summed E-state index contributed by atoms with van der Waals surface area (Å²) < 4.78 is 34.1. The van der Waals surface area contributed by atoms with Gasteiger partial charge in [0.25, 0.3) is 0 Å². The Labute approximate surface area is 138 Å². The maximum Gasteiger partial charge on any atom is 0.308 e. The Morgan fingerprint density at radius 1 is 1.17 bits per heavy atom. The van der Waals surface area contributed by atoms with Crippen LogP contribution in [0.5, 0.6) is 5.75 Å². The van der Waals surface area contributed by atoms with Crippen molar-refractivity contribution in [2.24, 2.45) is 0 Å². The third-order valence-corrected chi connectivity index (χ3v) is 4.13. The smallest absolute Gasteiger partial charge is 0.308 e. The zero-order valence-corrected chi connectivity index (χ0v) is 13.4. The summed E-state index contributed by atoms with van der Waals surface area (Å²) in [4.78, 5) is 11.4. The molecule has 0 bridgehead atoms. The van der Waals surface area contributed by atoms with E-state index in [9.17, 15) is 13.6 Å². The predicted octanol–water partition coefficient (Wildman–Crippen LogP) is 5.27. The lowest BCUT2D eigenvalue weighted by Crippen LogP contribution is -2.20. The first-order valence-corrected chi connectivity index (χ1v) is 7.77. The van der Waals surface area contributed by atoms with Crippen LogP contribution in [0.4, 0.5) is 8.78 Å². The Bertz CT molecular complexity index is 669. The Morgan fingerprint density at radius 2 is 1.78 bits per heavy atom. The van der Waals surface area contributed by atoms with E-state index in [4.69, 9.17) is 4.74 Å². The van der Waals surface area contributed by atoms with E-state index in [0.29, 0.717) is 28.0 Å². The molecule has 0 aliphatic rings. The van der Waals surface area contributed by atoms with Crippen LogP contribution in [0.15, 0.2) is 72.1 Å². The van der Waals surface area contributed by atoms with Crippen molar-refractivity contribution in [2.75, 3.05) is 0 Å². The molecule has 0 radical (unpaired) electrons. The summed E-state index contributed by atoms with van der Waals surface area (Å²) in [6, 6.07) is 14.5. The molecule has 0 amide bonds. The van der Waals surface area contributed by atoms with Crippen molar-refractivity contribution in [1.29, 1.82) is 0 Å². The van der Waals surface area contributed by atoms with Crippen molar-refractivity contribution in [3.63, 3.8) is 0 Å². The van der Waals surface area contributed by atoms with Gasteiger partial charge in [0.15, 0.2) is 0 Å². The minimum atomic E-state index is -3.05. The first-order chi connectivity index (χ1) is 10.9. The normalized spacial score (nSPS) is 12.5. The Hall–Kier alpha value is -2.14. The van der Waals surface area contributed by atoms with E-state index < -0.39 is 17.1 Å². The summed E-state index contributed by atoms with van der Waals surface area (Å²) >= 11 is 0.498. The fraction of sp³-hybridized carbons (Fsp3) is 0.167. The van der Waals surface area contributed by atoms with Crippen molar-refractivity contribution >= 4 is 17.7 Å². The minimum Gasteiger partial charge on any atom is -0.427 e. The number of esters is 1. The van der Waals surface area contributed by atoms with Crippen LogP contribution < -0.4 is 4.74 Å². The molecule has 0 saturated heterocycles. The van der Waals surface area contributed by atoms with Gasteiger partial charge in [0.05, 0.1) is 5.92 Å². The first-order valence-electron chi connectivity index (χ1n) is 6.95. The maximum atomic E-state index is 14.6. The number of benzene rings is 2. The van der Waals surface area contributed by atoms with Gasteiger partial charge in [-0.2, -0.15) is 8.78 Å². The van der Waals surface area contributed by atoms with Crippen molar-refractivity contribution in [3.05, 3.63) is 72.8 Å². The molecule has 2 aromatic carbocycles. The molecule has 0 N–H and O–H groups in total. The van der Waals surface area contributed by atoms with E-state index in [2.05, 4.69) is 6.58 Å². The number of hydrogen-bond donors (Lipinski definition) is 0. The molecular weight excluding hydrogens is 318 g/mol. The van der Waals surface area contributed by atoms with Gasteiger partial charge < -0.3 is 4.74 Å². The highest BCUT2D eigenvalue weighted by Gasteiger charge is 2.39. The van der Waals surface area contributed by atoms with Gasteiger partial charge in [-0.05, 0) is 29.8 Å². The number of alkyl halides is 2. The summed E-state index contributed by atoms with van der Waals surface area (Å²) in [7, 11) is 0. The molecule has 120 valence electrons. The monoisotopic (exact) mass is 334 g/mol. The molecule has 0 saturated carbocycles. The molecule has 0 aromatic heterocycles. The van der Waals surface area contributed by atoms with Crippen LogP contribution in [0.25, 0.3) is 0 Å². The van der Waals surface area contributed by atoms with Crippen LogP contribution in [0, 0.1) is 0 Å². The van der Waals surface area contributed by atoms with E-state index in [-0.39, 0.29) is 0 Å². The Morgan fingerprint density at radius 3 is 2.30 bits per heavy atom. The van der Waals surface area contributed by atoms with E-state index in [0.717, 1.165) is 0 Å². The van der Waals surface area contributed by atoms with Gasteiger partial charge in [-0.1, -0.05) is 48.2 Å². The average molecular weight is 334 g/mol. The summed E-state index contributed by atoms with van der Waals surface area (Å²) in [5.41, 5.74) is 0.407. The zero-order valence-electron chi connectivity index (χ0n) is 12.5. The van der Waals surface area contributed by atoms with Crippen molar-refractivity contribution in [1.82, 2.24) is 0 Å². The van der Waals surface area contributed by atoms with E-state index in [1.807, 2.05) is 0 Å². The summed E-state index contributed by atoms with van der Waals surface area (Å²) in [6.07, 6.45) is 1.23. The molecule has 1 unspecified atom stereocenters. The lowest BCUT2D eigenvalue weighted by atomic mass is 9.99. The number of thioether (sulfide) groups is 1. The van der Waals surface area contributed by atoms with Crippen LogP contribution in [-0.2, 0) is 4.79 Å². The molecule has 0 aliphatic carbocycles. The highest BCUT2D eigenvalue weighted by atomic mass is 32.2. The van der Waals surface area contributed by atoms with Gasteiger partial charge in [-0.15, -0.1) is 6.58 Å². The number of halogens is 2. The molecular formula is C18H16F2O2S. The summed E-state index contributed by atoms with van der Waals surface area (Å²) in [6.45, 7) is 4.82. The lowest BCUT2D eigenvalue weighted by Gasteiger charge is -2.24. The molecule has 0 spiro atoms. The van der Waals surface area contributed by atoms with Gasteiger partial charge in [-0.25, -0.2) is 0 Å². The van der Waals surface area contributed by atoms with Crippen molar-refractivity contribution in [3.8, 4) is 5.75 Å². The Balaban J connectivity index is 2.20. The molecule has 0 aliphatic heterocycles. The summed E-state index contributed by atoms with van der Waals surface area (Å²) in [5, 5.41) is -3.05. The fourth-order valence-electron chi connectivity index (χ4n) is 2.09. The van der Waals surface area contributed by atoms with Gasteiger partial charge in [0.2, 0.25) is 0 Å². The minimum absolute atomic E-state index is 0.322. The third kappa shape index (κ3) is 4.66. The predicted molar refractivity (Wildman–Crippen MR) is 87.9 cm³/mol. The molecule has 2 nitrogen and oxygen atoms in total. The molecule has 0 fully saturated rings. The second-order valence-corrected chi connectivity index (χ2v) is 6.07. The molecule has 2 rings (SSSR count). The average Bonchev–Trinajstić information content (AvgIpc) is 2.49. The zero-order chi connectivity index (χ0) is 16.9. The van der Waals surface area contributed by atoms with E-state index in [1.165, 1.54) is 37.3 Å². The highest BCUT2D eigenvalue weighted by Crippen LogP contribution is 2.46. The Kier molecular flexibility index (Phi) is 5.55. The van der Waals surface area contributed by atoms with E-state index in [1.54, 1.807) is 30.3 Å². The lowest BCUT2D eigenvalue weighted by molar-refractivity contribution is -0.131. The fourth-order valence-corrected chi connectivity index (χ4v) is 3.05. The van der Waals surface area contributed by atoms with Gasteiger partial charge in [-0.3, -0.25) is 4.79 Å². The third-order valence-electron chi connectivity index (χ3n) is 3.10. The van der Waals surface area contributed by atoms with Gasteiger partial charge in [0, 0.05) is 11.8 Å². The number of carbonyl (C=O) groups is 1. The number of hydrogen-bond acceptors (Lipinski definition) is 3. The number of rotatable bonds is 6. The van der Waals surface area contributed by atoms with Crippen LogP contribution in [0.1, 0.15) is 18.4 Å². The first kappa shape index (κ1) is 17.2. The van der Waals surface area contributed by atoms with Crippen molar-refractivity contribution in [2.45, 2.75) is 23.0 Å². The van der Waals surface area contributed by atoms with Crippen LogP contribution in [0.3, 0.4) is 0 Å². The van der Waals surface area contributed by atoms with Crippen LogP contribution in [-0.4, -0.2) is 11.2 Å². The standard InChI is InChI=1S/C18H16F2O2S/c1-3-17(14-9-11-15(12-10-14)22-13(2)21)18(19,20)23-16-7-5-4-6-8-16/h3-12,17H,1H2,2H3. The van der Waals surface area contributed by atoms with Gasteiger partial charge in [0.1, 0.15) is 5.75 Å². The maximum absolute atomic E-state index is 14.6. The summed E-state index contributed by atoms with van der Waals surface area (Å²) in [5.74, 6) is -1.29. The topological polar surface area (TPSA) is 26.3 Å². The SMILES string of the molecule is C=CC(c1ccc(OC(C)=O)cc1)C(F)(F)Sc1ccccc1. The molecule has 2 aromatic rings.